The van der Waals surface area contributed by atoms with Crippen molar-refractivity contribution in [1.82, 2.24) is 29.3 Å². The first-order valence-electron chi connectivity index (χ1n) is 10.8. The molecule has 3 aromatic heterocycles. The van der Waals surface area contributed by atoms with E-state index < -0.39 is 0 Å². The Kier molecular flexibility index (Phi) is 4.88. The molecular weight excluding hydrogens is 408 g/mol. The summed E-state index contributed by atoms with van der Waals surface area (Å²) in [5.41, 5.74) is 2.28. The van der Waals surface area contributed by atoms with Crippen LogP contribution in [0.2, 0.25) is 0 Å². The highest BCUT2D eigenvalue weighted by Crippen LogP contribution is 2.32. The minimum atomic E-state index is -0.174. The van der Waals surface area contributed by atoms with Gasteiger partial charge in [-0.15, -0.1) is 0 Å². The summed E-state index contributed by atoms with van der Waals surface area (Å²) in [4.78, 5) is 44.5. The Morgan fingerprint density at radius 3 is 2.75 bits per heavy atom. The minimum Gasteiger partial charge on any atom is -0.334 e. The van der Waals surface area contributed by atoms with Crippen molar-refractivity contribution in [2.45, 2.75) is 45.7 Å². The highest BCUT2D eigenvalue weighted by molar-refractivity contribution is 5.88. The molecule has 9 nitrogen and oxygen atoms in total. The summed E-state index contributed by atoms with van der Waals surface area (Å²) in [7, 11) is 0. The number of H-pyrrole nitrogens is 1. The number of carbonyl (C=O) groups excluding carboxylic acids is 1. The van der Waals surface area contributed by atoms with Gasteiger partial charge in [0.2, 0.25) is 5.91 Å². The third-order valence-electron chi connectivity index (χ3n) is 6.09. The number of likely N-dealkylation sites (tertiary alicyclic amines) is 1. The van der Waals surface area contributed by atoms with E-state index in [1.54, 1.807) is 13.0 Å². The molecule has 1 unspecified atom stereocenters. The minimum absolute atomic E-state index is 0.0541. The lowest BCUT2D eigenvalue weighted by molar-refractivity contribution is -0.131. The van der Waals surface area contributed by atoms with Gasteiger partial charge in [-0.1, -0.05) is 18.2 Å². The monoisotopic (exact) mass is 432 g/mol. The standard InChI is InChI=1S/C23H24N6O3/c1-3-28-23(32)16-8-5-4-7-15(16)17(25-28)13-21(30)27-10-6-9-19(27)18-12-20-24-14(2)11-22(31)29(20)26-18/h4-5,7-8,11-12,19,26H,3,6,9-10,13H2,1-2H3. The maximum Gasteiger partial charge on any atom is 0.274 e. The molecule has 1 saturated heterocycles. The molecule has 32 heavy (non-hydrogen) atoms. The van der Waals surface area contributed by atoms with Gasteiger partial charge in [0.1, 0.15) is 0 Å². The zero-order valence-corrected chi connectivity index (χ0v) is 18.0. The number of carbonyl (C=O) groups is 1. The molecule has 4 aromatic rings. The lowest BCUT2D eigenvalue weighted by atomic mass is 10.1. The highest BCUT2D eigenvalue weighted by Gasteiger charge is 2.32. The summed E-state index contributed by atoms with van der Waals surface area (Å²) < 4.78 is 2.82. The molecule has 5 rings (SSSR count). The summed E-state index contributed by atoms with van der Waals surface area (Å²) >= 11 is 0. The molecule has 1 aliphatic heterocycles. The summed E-state index contributed by atoms with van der Waals surface area (Å²) in [6.07, 6.45) is 1.78. The van der Waals surface area contributed by atoms with E-state index in [-0.39, 0.29) is 29.5 Å². The summed E-state index contributed by atoms with van der Waals surface area (Å²) in [5.74, 6) is -0.0541. The lowest BCUT2D eigenvalue weighted by Crippen LogP contribution is -2.33. The molecular formula is C23H24N6O3. The predicted molar refractivity (Wildman–Crippen MR) is 120 cm³/mol. The van der Waals surface area contributed by atoms with Crippen molar-refractivity contribution < 1.29 is 4.79 Å². The fourth-order valence-electron chi connectivity index (χ4n) is 4.58. The number of aromatic amines is 1. The van der Waals surface area contributed by atoms with Crippen molar-refractivity contribution in [2.24, 2.45) is 0 Å². The van der Waals surface area contributed by atoms with Gasteiger partial charge in [0.25, 0.3) is 11.1 Å². The van der Waals surface area contributed by atoms with Crippen molar-refractivity contribution in [3.8, 4) is 0 Å². The first-order chi connectivity index (χ1) is 15.5. The van der Waals surface area contributed by atoms with Crippen molar-refractivity contribution in [1.29, 1.82) is 0 Å². The average Bonchev–Trinajstić information content (AvgIpc) is 3.43. The second kappa shape index (κ2) is 7.74. The van der Waals surface area contributed by atoms with Crippen LogP contribution in [0.3, 0.4) is 0 Å². The van der Waals surface area contributed by atoms with Gasteiger partial charge in [-0.05, 0) is 32.8 Å². The average molecular weight is 432 g/mol. The van der Waals surface area contributed by atoms with Crippen LogP contribution in [0.5, 0.6) is 0 Å². The van der Waals surface area contributed by atoms with E-state index in [1.165, 1.54) is 15.3 Å². The van der Waals surface area contributed by atoms with Gasteiger partial charge in [0.15, 0.2) is 5.65 Å². The van der Waals surface area contributed by atoms with Crippen LogP contribution >= 0.6 is 0 Å². The van der Waals surface area contributed by atoms with E-state index in [9.17, 15) is 14.4 Å². The SMILES string of the molecule is CCn1nc(CC(=O)N2CCCC2c2cc3nc(C)cc(=O)n3[nH]2)c2ccccc2c1=O. The largest absolute Gasteiger partial charge is 0.334 e. The molecule has 1 atom stereocenters. The maximum absolute atomic E-state index is 13.4. The summed E-state index contributed by atoms with van der Waals surface area (Å²) in [6.45, 7) is 4.71. The fraction of sp³-hybridized carbons (Fsp3) is 0.348. The molecule has 1 aliphatic rings. The molecule has 4 heterocycles. The predicted octanol–water partition coefficient (Wildman–Crippen LogP) is 1.97. The van der Waals surface area contributed by atoms with Crippen LogP contribution in [0, 0.1) is 6.92 Å². The second-order valence-electron chi connectivity index (χ2n) is 8.18. The van der Waals surface area contributed by atoms with E-state index in [1.807, 2.05) is 36.1 Å². The number of hydrogen-bond acceptors (Lipinski definition) is 5. The molecule has 0 radical (unpaired) electrons. The number of benzene rings is 1. The van der Waals surface area contributed by atoms with Crippen molar-refractivity contribution >= 4 is 22.3 Å². The number of amides is 1. The summed E-state index contributed by atoms with van der Waals surface area (Å²) in [5, 5.41) is 8.88. The van der Waals surface area contributed by atoms with Crippen LogP contribution < -0.4 is 11.1 Å². The Labute approximate surface area is 183 Å². The molecule has 1 amide bonds. The zero-order valence-electron chi connectivity index (χ0n) is 18.0. The third kappa shape index (κ3) is 3.30. The fourth-order valence-corrected chi connectivity index (χ4v) is 4.58. The Bertz CT molecular complexity index is 1460. The zero-order chi connectivity index (χ0) is 22.4. The van der Waals surface area contributed by atoms with E-state index >= 15 is 0 Å². The van der Waals surface area contributed by atoms with Gasteiger partial charge in [-0.3, -0.25) is 19.5 Å². The lowest BCUT2D eigenvalue weighted by Gasteiger charge is -2.24. The number of nitrogens with one attached hydrogen (secondary N) is 1. The van der Waals surface area contributed by atoms with Gasteiger partial charge < -0.3 is 4.90 Å². The van der Waals surface area contributed by atoms with Gasteiger partial charge in [-0.2, -0.15) is 5.10 Å². The molecule has 0 bridgehead atoms. The Balaban J connectivity index is 1.49. The van der Waals surface area contributed by atoms with Crippen LogP contribution in [-0.4, -0.2) is 41.7 Å². The number of rotatable bonds is 4. The molecule has 9 heteroatoms. The number of hydrogen-bond donors (Lipinski definition) is 1. The molecule has 0 saturated carbocycles. The van der Waals surface area contributed by atoms with Crippen LogP contribution in [0.4, 0.5) is 0 Å². The first kappa shape index (κ1) is 20.2. The van der Waals surface area contributed by atoms with Crippen molar-refractivity contribution in [3.05, 3.63) is 74.2 Å². The van der Waals surface area contributed by atoms with Crippen LogP contribution in [0.15, 0.2) is 46.0 Å². The van der Waals surface area contributed by atoms with Crippen LogP contribution in [0.25, 0.3) is 16.4 Å². The topological polar surface area (TPSA) is 105 Å². The van der Waals surface area contributed by atoms with Crippen molar-refractivity contribution in [3.63, 3.8) is 0 Å². The van der Waals surface area contributed by atoms with Gasteiger partial charge in [0, 0.05) is 36.3 Å². The van der Waals surface area contributed by atoms with E-state index in [0.29, 0.717) is 40.9 Å². The molecule has 164 valence electrons. The molecule has 0 spiro atoms. The Hall–Kier alpha value is -3.75. The molecule has 1 fully saturated rings. The van der Waals surface area contributed by atoms with Crippen LogP contribution in [0.1, 0.15) is 42.9 Å². The summed E-state index contributed by atoms with van der Waals surface area (Å²) in [6, 6.07) is 10.4. The third-order valence-corrected chi connectivity index (χ3v) is 6.09. The van der Waals surface area contributed by atoms with Gasteiger partial charge in [-0.25, -0.2) is 14.2 Å². The van der Waals surface area contributed by atoms with Crippen LogP contribution in [-0.2, 0) is 17.8 Å². The smallest absolute Gasteiger partial charge is 0.274 e. The van der Waals surface area contributed by atoms with Gasteiger partial charge >= 0.3 is 0 Å². The normalized spacial score (nSPS) is 16.3. The molecule has 1 aromatic carbocycles. The van der Waals surface area contributed by atoms with E-state index in [0.717, 1.165) is 18.5 Å². The van der Waals surface area contributed by atoms with E-state index in [2.05, 4.69) is 15.2 Å². The van der Waals surface area contributed by atoms with Crippen molar-refractivity contribution in [2.75, 3.05) is 6.54 Å². The molecule has 1 N–H and O–H groups in total. The quantitative estimate of drug-likeness (QED) is 0.531. The number of fused-ring (bicyclic) bond motifs is 2. The second-order valence-corrected chi connectivity index (χ2v) is 8.18. The maximum atomic E-state index is 13.4. The highest BCUT2D eigenvalue weighted by atomic mass is 16.2. The Morgan fingerprint density at radius 1 is 1.19 bits per heavy atom. The van der Waals surface area contributed by atoms with E-state index in [4.69, 9.17) is 0 Å². The number of aryl methyl sites for hydroxylation is 2. The first-order valence-corrected chi connectivity index (χ1v) is 10.8. The number of nitrogens with zero attached hydrogens (tertiary/aromatic N) is 5. The Morgan fingerprint density at radius 2 is 1.97 bits per heavy atom. The molecule has 0 aliphatic carbocycles. The number of aromatic nitrogens is 5. The van der Waals surface area contributed by atoms with Gasteiger partial charge in [0.05, 0.1) is 29.2 Å².